The van der Waals surface area contributed by atoms with Crippen LogP contribution in [0.2, 0.25) is 0 Å². The van der Waals surface area contributed by atoms with Gasteiger partial charge in [-0.15, -0.1) is 0 Å². The van der Waals surface area contributed by atoms with Gasteiger partial charge in [-0.2, -0.15) is 0 Å². The third-order valence-electron chi connectivity index (χ3n) is 6.41. The summed E-state index contributed by atoms with van der Waals surface area (Å²) in [6.07, 6.45) is 6.62. The minimum Gasteiger partial charge on any atom is -0.462 e. The summed E-state index contributed by atoms with van der Waals surface area (Å²) >= 11 is 0. The number of ketones is 1. The molecule has 0 atom stereocenters. The summed E-state index contributed by atoms with van der Waals surface area (Å²) < 4.78 is 10.8. The lowest BCUT2D eigenvalue weighted by Crippen LogP contribution is -2.39. The number of carbonyl (C=O) groups is 2. The van der Waals surface area contributed by atoms with Crippen LogP contribution in [-0.4, -0.2) is 36.6 Å². The maximum absolute atomic E-state index is 12.9. The molecular weight excluding hydrogens is 330 g/mol. The van der Waals surface area contributed by atoms with E-state index in [9.17, 15) is 9.59 Å². The largest absolute Gasteiger partial charge is 0.462 e. The van der Waals surface area contributed by atoms with Crippen LogP contribution in [0.1, 0.15) is 89.0 Å². The molecule has 0 N–H and O–H groups in total. The van der Waals surface area contributed by atoms with Gasteiger partial charge < -0.3 is 9.47 Å². The minimum absolute atomic E-state index is 0.127. The molecule has 1 saturated carbocycles. The van der Waals surface area contributed by atoms with E-state index in [0.29, 0.717) is 37.4 Å². The minimum atomic E-state index is -0.349. The summed E-state index contributed by atoms with van der Waals surface area (Å²) in [6.45, 7) is 5.39. The van der Waals surface area contributed by atoms with E-state index in [1.807, 2.05) is 6.92 Å². The molecule has 2 fully saturated rings. The zero-order valence-corrected chi connectivity index (χ0v) is 15.7. The molecule has 1 aromatic heterocycles. The van der Waals surface area contributed by atoms with Crippen molar-refractivity contribution in [3.63, 3.8) is 0 Å². The second kappa shape index (κ2) is 6.76. The van der Waals surface area contributed by atoms with Crippen LogP contribution in [-0.2, 0) is 15.9 Å². The van der Waals surface area contributed by atoms with E-state index in [1.165, 1.54) is 6.42 Å². The molecule has 0 amide bonds. The first-order valence-corrected chi connectivity index (χ1v) is 9.86. The van der Waals surface area contributed by atoms with E-state index >= 15 is 0 Å². The number of pyridine rings is 1. The maximum Gasteiger partial charge on any atom is 0.340 e. The average molecular weight is 357 g/mol. The third kappa shape index (κ3) is 2.86. The van der Waals surface area contributed by atoms with Crippen LogP contribution >= 0.6 is 0 Å². The number of hydrogen-bond donors (Lipinski definition) is 0. The fraction of sp³-hybridized carbons (Fsp3) is 0.667. The van der Waals surface area contributed by atoms with Gasteiger partial charge in [-0.05, 0) is 56.9 Å². The van der Waals surface area contributed by atoms with Crippen molar-refractivity contribution in [2.24, 2.45) is 5.41 Å². The number of nitrogens with zero attached hydrogens (tertiary/aromatic N) is 1. The highest BCUT2D eigenvalue weighted by molar-refractivity contribution is 6.03. The molecule has 140 valence electrons. The van der Waals surface area contributed by atoms with Crippen LogP contribution in [0.5, 0.6) is 0 Å². The molecule has 26 heavy (non-hydrogen) atoms. The predicted octanol–water partition coefficient (Wildman–Crippen LogP) is 3.76. The molecule has 5 heteroatoms. The number of fused-ring (bicyclic) bond motifs is 1. The highest BCUT2D eigenvalue weighted by Crippen LogP contribution is 2.50. The van der Waals surface area contributed by atoms with Crippen LogP contribution < -0.4 is 0 Å². The average Bonchev–Trinajstić information content (AvgIpc) is 2.60. The van der Waals surface area contributed by atoms with Crippen LogP contribution in [0.25, 0.3) is 0 Å². The van der Waals surface area contributed by atoms with Gasteiger partial charge in [-0.1, -0.05) is 6.42 Å². The zero-order valence-electron chi connectivity index (χ0n) is 15.7. The molecule has 1 saturated heterocycles. The van der Waals surface area contributed by atoms with Crippen molar-refractivity contribution in [3.05, 3.63) is 28.1 Å². The fourth-order valence-corrected chi connectivity index (χ4v) is 4.89. The van der Waals surface area contributed by atoms with E-state index in [2.05, 4.69) is 0 Å². The molecule has 5 nitrogen and oxygen atoms in total. The summed E-state index contributed by atoms with van der Waals surface area (Å²) in [7, 11) is 0. The van der Waals surface area contributed by atoms with Gasteiger partial charge in [0.2, 0.25) is 0 Å². The Morgan fingerprint density at radius 2 is 2.00 bits per heavy atom. The molecule has 2 heterocycles. The van der Waals surface area contributed by atoms with E-state index in [0.717, 1.165) is 49.1 Å². The molecule has 1 spiro atoms. The number of Topliss-reactive ketones (excluding diaryl/α,β-unsaturated/α-hetero) is 1. The third-order valence-corrected chi connectivity index (χ3v) is 6.41. The van der Waals surface area contributed by atoms with Crippen molar-refractivity contribution in [1.29, 1.82) is 0 Å². The highest BCUT2D eigenvalue weighted by atomic mass is 16.5. The number of aromatic nitrogens is 1. The van der Waals surface area contributed by atoms with Gasteiger partial charge in [0.25, 0.3) is 0 Å². The number of rotatable bonds is 3. The quantitative estimate of drug-likeness (QED) is 0.771. The Kier molecular flexibility index (Phi) is 4.59. The van der Waals surface area contributed by atoms with Gasteiger partial charge in [-0.25, -0.2) is 4.79 Å². The van der Waals surface area contributed by atoms with Crippen LogP contribution in [0, 0.1) is 12.3 Å². The summed E-state index contributed by atoms with van der Waals surface area (Å²) in [5.41, 5.74) is 3.84. The number of carbonyl (C=O) groups excluding carboxylic acids is 2. The van der Waals surface area contributed by atoms with Crippen LogP contribution in [0.4, 0.5) is 0 Å². The fourth-order valence-electron chi connectivity index (χ4n) is 4.89. The summed E-state index contributed by atoms with van der Waals surface area (Å²) in [5, 5.41) is 0. The van der Waals surface area contributed by atoms with E-state index in [-0.39, 0.29) is 23.1 Å². The van der Waals surface area contributed by atoms with E-state index < -0.39 is 0 Å². The predicted molar refractivity (Wildman–Crippen MR) is 96.7 cm³/mol. The van der Waals surface area contributed by atoms with Crippen molar-refractivity contribution >= 4 is 11.8 Å². The first-order chi connectivity index (χ1) is 12.5. The first-order valence-electron chi connectivity index (χ1n) is 9.86. The SMILES string of the molecule is CCOC(=O)c1c(C2CCOCC2)nc2c(c1C)C(=O)CC1(CCC1)C2. The summed E-state index contributed by atoms with van der Waals surface area (Å²) in [4.78, 5) is 30.6. The molecule has 1 aliphatic heterocycles. The van der Waals surface area contributed by atoms with Crippen molar-refractivity contribution in [2.75, 3.05) is 19.8 Å². The first kappa shape index (κ1) is 17.7. The molecule has 2 aliphatic carbocycles. The Balaban J connectivity index is 1.83. The Hall–Kier alpha value is -1.75. The molecule has 3 aliphatic rings. The zero-order chi connectivity index (χ0) is 18.3. The van der Waals surface area contributed by atoms with Gasteiger partial charge in [0.05, 0.1) is 23.6 Å². The lowest BCUT2D eigenvalue weighted by molar-refractivity contribution is 0.0516. The van der Waals surface area contributed by atoms with Crippen molar-refractivity contribution in [1.82, 2.24) is 4.98 Å². The van der Waals surface area contributed by atoms with E-state index in [1.54, 1.807) is 6.92 Å². The summed E-state index contributed by atoms with van der Waals surface area (Å²) in [6, 6.07) is 0. The smallest absolute Gasteiger partial charge is 0.340 e. The summed E-state index contributed by atoms with van der Waals surface area (Å²) in [5.74, 6) is 0.0000685. The van der Waals surface area contributed by atoms with Crippen molar-refractivity contribution < 1.29 is 19.1 Å². The maximum atomic E-state index is 12.9. The molecule has 0 bridgehead atoms. The second-order valence-corrected chi connectivity index (χ2v) is 8.06. The molecule has 4 rings (SSSR count). The second-order valence-electron chi connectivity index (χ2n) is 8.06. The molecular formula is C21H27NO4. The van der Waals surface area contributed by atoms with Gasteiger partial charge in [0.1, 0.15) is 0 Å². The normalized spacial score (nSPS) is 22.0. The Labute approximate surface area is 154 Å². The monoisotopic (exact) mass is 357 g/mol. The Morgan fingerprint density at radius 3 is 2.62 bits per heavy atom. The van der Waals surface area contributed by atoms with Crippen molar-refractivity contribution in [3.8, 4) is 0 Å². The topological polar surface area (TPSA) is 65.5 Å². The highest BCUT2D eigenvalue weighted by Gasteiger charge is 2.45. The van der Waals surface area contributed by atoms with Crippen LogP contribution in [0.3, 0.4) is 0 Å². The van der Waals surface area contributed by atoms with Gasteiger partial charge in [0.15, 0.2) is 5.78 Å². The number of ether oxygens (including phenoxy) is 2. The standard InChI is InChI=1S/C21H27NO4/c1-3-26-20(24)18-13(2)17-15(11-21(7-4-8-21)12-16(17)23)22-19(18)14-5-9-25-10-6-14/h14H,3-12H2,1-2H3. The number of hydrogen-bond acceptors (Lipinski definition) is 5. The van der Waals surface area contributed by atoms with Gasteiger partial charge >= 0.3 is 5.97 Å². The molecule has 0 radical (unpaired) electrons. The molecule has 0 unspecified atom stereocenters. The lowest BCUT2D eigenvalue weighted by atomic mass is 9.60. The van der Waals surface area contributed by atoms with Crippen molar-refractivity contribution in [2.45, 2.75) is 64.7 Å². The lowest BCUT2D eigenvalue weighted by Gasteiger charge is -2.44. The Bertz CT molecular complexity index is 745. The van der Waals surface area contributed by atoms with Gasteiger partial charge in [0, 0.05) is 31.1 Å². The molecule has 1 aromatic rings. The van der Waals surface area contributed by atoms with Crippen LogP contribution in [0.15, 0.2) is 0 Å². The molecule has 0 aromatic carbocycles. The number of esters is 1. The van der Waals surface area contributed by atoms with Gasteiger partial charge in [-0.3, -0.25) is 9.78 Å². The Morgan fingerprint density at radius 1 is 1.27 bits per heavy atom. The van der Waals surface area contributed by atoms with E-state index in [4.69, 9.17) is 14.5 Å².